The molecule has 0 unspecified atom stereocenters. The third kappa shape index (κ3) is 3.08. The molecule has 1 fully saturated rings. The molecule has 2 aromatic carbocycles. The van der Waals surface area contributed by atoms with Crippen LogP contribution in [0.4, 0.5) is 10.5 Å². The second kappa shape index (κ2) is 6.68. The molecule has 3 amide bonds. The summed E-state index contributed by atoms with van der Waals surface area (Å²) in [5.74, 6) is 0.279. The van der Waals surface area contributed by atoms with Crippen LogP contribution in [0.3, 0.4) is 0 Å². The first kappa shape index (κ1) is 17.0. The number of aromatic nitrogens is 2. The maximum Gasteiger partial charge on any atom is 0.332 e. The lowest BCUT2D eigenvalue weighted by Gasteiger charge is -2.19. The maximum absolute atomic E-state index is 12.8. The van der Waals surface area contributed by atoms with E-state index in [1.807, 2.05) is 61.5 Å². The molecule has 0 aliphatic carbocycles. The predicted octanol–water partition coefficient (Wildman–Crippen LogP) is 3.40. The van der Waals surface area contributed by atoms with Gasteiger partial charge in [-0.3, -0.25) is 14.6 Å². The van der Waals surface area contributed by atoms with Crippen LogP contribution < -0.4 is 4.90 Å². The molecule has 0 bridgehead atoms. The third-order valence-electron chi connectivity index (χ3n) is 4.54. The van der Waals surface area contributed by atoms with E-state index in [1.54, 1.807) is 6.92 Å². The van der Waals surface area contributed by atoms with Crippen molar-refractivity contribution >= 4 is 17.6 Å². The molecule has 0 spiro atoms. The first-order valence-electron chi connectivity index (χ1n) is 8.63. The lowest BCUT2D eigenvalue weighted by atomic mass is 10.2. The molecule has 1 aliphatic rings. The number of aryl methyl sites for hydroxylation is 1. The number of imide groups is 1. The van der Waals surface area contributed by atoms with Crippen molar-refractivity contribution in [3.05, 3.63) is 66.1 Å². The van der Waals surface area contributed by atoms with Crippen molar-refractivity contribution in [3.8, 4) is 11.5 Å². The Morgan fingerprint density at radius 2 is 1.70 bits per heavy atom. The average Bonchev–Trinajstić information content (AvgIpc) is 3.23. The summed E-state index contributed by atoms with van der Waals surface area (Å²) < 4.78 is 5.63. The van der Waals surface area contributed by atoms with Gasteiger partial charge in [-0.1, -0.05) is 35.9 Å². The topological polar surface area (TPSA) is 79.5 Å². The number of anilines is 1. The summed E-state index contributed by atoms with van der Waals surface area (Å²) in [4.78, 5) is 28.1. The fourth-order valence-corrected chi connectivity index (χ4v) is 3.06. The van der Waals surface area contributed by atoms with Gasteiger partial charge in [0.1, 0.15) is 12.6 Å². The number of hydrogen-bond donors (Lipinski definition) is 0. The summed E-state index contributed by atoms with van der Waals surface area (Å²) in [6, 6.07) is 15.8. The van der Waals surface area contributed by atoms with Crippen LogP contribution in [0.1, 0.15) is 18.4 Å². The molecule has 1 atom stereocenters. The molecule has 1 aromatic heterocycles. The molecule has 0 radical (unpaired) electrons. The summed E-state index contributed by atoms with van der Waals surface area (Å²) in [5, 5.41) is 7.98. The highest BCUT2D eigenvalue weighted by Crippen LogP contribution is 2.27. The van der Waals surface area contributed by atoms with Crippen LogP contribution in [-0.2, 0) is 11.3 Å². The molecule has 136 valence electrons. The second-order valence-corrected chi connectivity index (χ2v) is 6.46. The smallest absolute Gasteiger partial charge is 0.332 e. The van der Waals surface area contributed by atoms with Crippen LogP contribution in [0.5, 0.6) is 0 Å². The molecule has 7 heteroatoms. The Balaban J connectivity index is 1.56. The van der Waals surface area contributed by atoms with Crippen LogP contribution >= 0.6 is 0 Å². The van der Waals surface area contributed by atoms with E-state index in [0.717, 1.165) is 16.0 Å². The Labute approximate surface area is 156 Å². The molecule has 0 N–H and O–H groups in total. The minimum atomic E-state index is -0.586. The van der Waals surface area contributed by atoms with E-state index in [4.69, 9.17) is 4.42 Å². The zero-order chi connectivity index (χ0) is 19.0. The Kier molecular flexibility index (Phi) is 4.19. The largest absolute Gasteiger partial charge is 0.419 e. The molecule has 3 aromatic rings. The van der Waals surface area contributed by atoms with Crippen LogP contribution in [0, 0.1) is 6.92 Å². The minimum Gasteiger partial charge on any atom is -0.419 e. The van der Waals surface area contributed by atoms with Gasteiger partial charge >= 0.3 is 6.03 Å². The van der Waals surface area contributed by atoms with Crippen molar-refractivity contribution in [2.45, 2.75) is 26.4 Å². The van der Waals surface area contributed by atoms with Gasteiger partial charge in [-0.25, -0.2) is 4.79 Å². The standard InChI is InChI=1S/C20H18N4O3/c1-13-8-10-16(11-9-13)24-14(2)19(25)23(20(24)26)12-17-21-22-18(27-17)15-6-4-3-5-7-15/h3-11,14H,12H2,1-2H3/t14-/m1/s1. The van der Waals surface area contributed by atoms with Crippen LogP contribution in [0.2, 0.25) is 0 Å². The number of carbonyl (C=O) groups excluding carboxylic acids is 2. The van der Waals surface area contributed by atoms with Crippen molar-refractivity contribution in [1.82, 2.24) is 15.1 Å². The van der Waals surface area contributed by atoms with Gasteiger partial charge in [0.05, 0.1) is 0 Å². The van der Waals surface area contributed by atoms with Gasteiger partial charge in [0.2, 0.25) is 11.8 Å². The Morgan fingerprint density at radius 3 is 2.41 bits per heavy atom. The SMILES string of the molecule is Cc1ccc(N2C(=O)N(Cc3nnc(-c4ccccc4)o3)C(=O)[C@H]2C)cc1. The lowest BCUT2D eigenvalue weighted by Crippen LogP contribution is -2.33. The summed E-state index contributed by atoms with van der Waals surface area (Å²) in [6.07, 6.45) is 0. The van der Waals surface area contributed by atoms with E-state index in [-0.39, 0.29) is 18.3 Å². The number of amides is 3. The number of rotatable bonds is 4. The van der Waals surface area contributed by atoms with E-state index in [9.17, 15) is 9.59 Å². The quantitative estimate of drug-likeness (QED) is 0.665. The molecule has 1 aliphatic heterocycles. The number of carbonyl (C=O) groups is 2. The fraction of sp³-hybridized carbons (Fsp3) is 0.200. The molecule has 4 rings (SSSR count). The molecule has 7 nitrogen and oxygen atoms in total. The maximum atomic E-state index is 12.8. The fourth-order valence-electron chi connectivity index (χ4n) is 3.06. The van der Waals surface area contributed by atoms with Crippen molar-refractivity contribution < 1.29 is 14.0 Å². The van der Waals surface area contributed by atoms with Crippen LogP contribution in [-0.4, -0.2) is 33.1 Å². The number of hydrogen-bond acceptors (Lipinski definition) is 5. The first-order valence-corrected chi connectivity index (χ1v) is 8.63. The van der Waals surface area contributed by atoms with Gasteiger partial charge in [-0.2, -0.15) is 0 Å². The number of benzene rings is 2. The Hall–Kier alpha value is -3.48. The van der Waals surface area contributed by atoms with E-state index < -0.39 is 12.1 Å². The molecular weight excluding hydrogens is 344 g/mol. The van der Waals surface area contributed by atoms with Crippen LogP contribution in [0.25, 0.3) is 11.5 Å². The molecule has 0 saturated carbocycles. The van der Waals surface area contributed by atoms with E-state index in [2.05, 4.69) is 10.2 Å². The number of urea groups is 1. The number of nitrogens with zero attached hydrogens (tertiary/aromatic N) is 4. The van der Waals surface area contributed by atoms with Crippen LogP contribution in [0.15, 0.2) is 59.0 Å². The summed E-state index contributed by atoms with van der Waals surface area (Å²) in [6.45, 7) is 3.63. The van der Waals surface area contributed by atoms with Crippen molar-refractivity contribution in [2.75, 3.05) is 4.90 Å². The van der Waals surface area contributed by atoms with E-state index in [1.165, 1.54) is 4.90 Å². The first-order chi connectivity index (χ1) is 13.0. The van der Waals surface area contributed by atoms with Gasteiger partial charge < -0.3 is 4.42 Å². The van der Waals surface area contributed by atoms with Gasteiger partial charge in [0.15, 0.2) is 0 Å². The molecule has 1 saturated heterocycles. The Morgan fingerprint density at radius 1 is 1.00 bits per heavy atom. The molecule has 27 heavy (non-hydrogen) atoms. The normalized spacial score (nSPS) is 17.0. The van der Waals surface area contributed by atoms with Gasteiger partial charge in [0.25, 0.3) is 5.91 Å². The summed E-state index contributed by atoms with van der Waals surface area (Å²) in [7, 11) is 0. The van der Waals surface area contributed by atoms with E-state index in [0.29, 0.717) is 11.6 Å². The highest BCUT2D eigenvalue weighted by Gasteiger charge is 2.43. The van der Waals surface area contributed by atoms with Gasteiger partial charge in [-0.15, -0.1) is 10.2 Å². The summed E-state index contributed by atoms with van der Waals surface area (Å²) in [5.41, 5.74) is 2.55. The predicted molar refractivity (Wildman–Crippen MR) is 98.8 cm³/mol. The van der Waals surface area contributed by atoms with E-state index >= 15 is 0 Å². The summed E-state index contributed by atoms with van der Waals surface area (Å²) >= 11 is 0. The molecular formula is C20H18N4O3. The van der Waals surface area contributed by atoms with Crippen molar-refractivity contribution in [2.24, 2.45) is 0 Å². The minimum absolute atomic E-state index is 0.0514. The van der Waals surface area contributed by atoms with Gasteiger partial charge in [0, 0.05) is 11.3 Å². The van der Waals surface area contributed by atoms with Crippen molar-refractivity contribution in [1.29, 1.82) is 0 Å². The zero-order valence-corrected chi connectivity index (χ0v) is 15.0. The monoisotopic (exact) mass is 362 g/mol. The lowest BCUT2D eigenvalue weighted by molar-refractivity contribution is -0.127. The third-order valence-corrected chi connectivity index (χ3v) is 4.54. The highest BCUT2D eigenvalue weighted by molar-refractivity contribution is 6.13. The second-order valence-electron chi connectivity index (χ2n) is 6.46. The Bertz CT molecular complexity index is 982. The average molecular weight is 362 g/mol. The molecule has 2 heterocycles. The zero-order valence-electron chi connectivity index (χ0n) is 15.0. The van der Waals surface area contributed by atoms with Crippen molar-refractivity contribution in [3.63, 3.8) is 0 Å². The highest BCUT2D eigenvalue weighted by atomic mass is 16.4. The van der Waals surface area contributed by atoms with Gasteiger partial charge in [-0.05, 0) is 38.1 Å².